The van der Waals surface area contributed by atoms with Gasteiger partial charge in [0, 0.05) is 30.8 Å². The first-order valence-electron chi connectivity index (χ1n) is 14.7. The van der Waals surface area contributed by atoms with Gasteiger partial charge in [-0.1, -0.05) is 42.5 Å². The van der Waals surface area contributed by atoms with Gasteiger partial charge in [0.25, 0.3) is 5.91 Å². The first-order valence-corrected chi connectivity index (χ1v) is 14.7. The molecule has 0 spiro atoms. The smallest absolute Gasteiger partial charge is 0.440 e. The number of carbonyl (C=O) groups excluding carboxylic acids is 2. The summed E-state index contributed by atoms with van der Waals surface area (Å²) in [5, 5.41) is 5.67. The lowest BCUT2D eigenvalue weighted by Crippen LogP contribution is -2.25. The molecule has 2 amide bonds. The standard InChI is InChI=1S/C35H34N4O7/c1-23-18-28(33(41)36-16-5-17-44-31-9-4-8-29(20-31)37-24(2)40)12-15-32(23)27-7-3-6-26(19-27)22-45-30-13-10-25(11-14-30)21-39-34(42)38-35(43)46-39/h3-4,6-15,18-20H,5,16-17,21-22H2,1-2H3,(H,36,41)(H,37,40)(H,38,42,43). The van der Waals surface area contributed by atoms with E-state index in [1.165, 1.54) is 6.92 Å². The number of amides is 2. The fraction of sp³-hybridized carbons (Fsp3) is 0.200. The summed E-state index contributed by atoms with van der Waals surface area (Å²) in [6, 6.07) is 28.1. The Morgan fingerprint density at radius 1 is 0.870 bits per heavy atom. The van der Waals surface area contributed by atoms with Crippen LogP contribution in [0, 0.1) is 6.92 Å². The number of ether oxygens (including phenoxy) is 2. The summed E-state index contributed by atoms with van der Waals surface area (Å²) in [4.78, 5) is 48.9. The Balaban J connectivity index is 1.10. The fourth-order valence-electron chi connectivity index (χ4n) is 4.83. The average Bonchev–Trinajstić information content (AvgIpc) is 3.36. The number of aryl methyl sites for hydroxylation is 1. The van der Waals surface area contributed by atoms with E-state index >= 15 is 0 Å². The number of nitrogens with zero attached hydrogens (tertiary/aromatic N) is 1. The third-order valence-electron chi connectivity index (χ3n) is 7.04. The van der Waals surface area contributed by atoms with Crippen molar-refractivity contribution in [1.82, 2.24) is 15.0 Å². The Kier molecular flexibility index (Phi) is 10.1. The minimum absolute atomic E-state index is 0.132. The Morgan fingerprint density at radius 3 is 2.41 bits per heavy atom. The SMILES string of the molecule is CC(=O)Nc1cccc(OCCCNC(=O)c2ccc(-c3cccc(COc4ccc(Cn5oc(=O)[nH]c5=O)cc4)c3)c(C)c2)c1. The van der Waals surface area contributed by atoms with Crippen LogP contribution in [0.3, 0.4) is 0 Å². The lowest BCUT2D eigenvalue weighted by atomic mass is 9.97. The van der Waals surface area contributed by atoms with E-state index in [0.717, 1.165) is 32.6 Å². The van der Waals surface area contributed by atoms with Crippen molar-refractivity contribution < 1.29 is 23.6 Å². The van der Waals surface area contributed by atoms with Crippen molar-refractivity contribution in [2.75, 3.05) is 18.5 Å². The zero-order valence-electron chi connectivity index (χ0n) is 25.5. The highest BCUT2D eigenvalue weighted by Gasteiger charge is 2.10. The second kappa shape index (κ2) is 14.8. The molecule has 3 N–H and O–H groups in total. The summed E-state index contributed by atoms with van der Waals surface area (Å²) in [5.41, 5.74) is 5.42. The Bertz CT molecular complexity index is 1940. The molecule has 0 aliphatic carbocycles. The molecule has 0 fully saturated rings. The largest absolute Gasteiger partial charge is 0.493 e. The Hall–Kier alpha value is -5.84. The van der Waals surface area contributed by atoms with Gasteiger partial charge in [-0.05, 0) is 83.6 Å². The number of nitrogens with one attached hydrogen (secondary N) is 3. The van der Waals surface area contributed by atoms with Crippen LogP contribution in [-0.4, -0.2) is 34.7 Å². The van der Waals surface area contributed by atoms with E-state index in [9.17, 15) is 19.2 Å². The molecule has 11 nitrogen and oxygen atoms in total. The van der Waals surface area contributed by atoms with Crippen molar-refractivity contribution in [2.24, 2.45) is 0 Å². The predicted octanol–water partition coefficient (Wildman–Crippen LogP) is 4.89. The van der Waals surface area contributed by atoms with E-state index in [-0.39, 0.29) is 18.4 Å². The molecule has 46 heavy (non-hydrogen) atoms. The van der Waals surface area contributed by atoms with Gasteiger partial charge in [0.05, 0.1) is 13.2 Å². The quantitative estimate of drug-likeness (QED) is 0.159. The number of benzene rings is 4. The molecule has 0 radical (unpaired) electrons. The summed E-state index contributed by atoms with van der Waals surface area (Å²) in [6.45, 7) is 4.79. The normalized spacial score (nSPS) is 10.7. The van der Waals surface area contributed by atoms with Crippen molar-refractivity contribution in [3.05, 3.63) is 134 Å². The topological polar surface area (TPSA) is 145 Å². The van der Waals surface area contributed by atoms with Crippen LogP contribution in [0.4, 0.5) is 5.69 Å². The number of aromatic nitrogens is 2. The molecule has 0 aliphatic heterocycles. The summed E-state index contributed by atoms with van der Waals surface area (Å²) < 4.78 is 17.5. The van der Waals surface area contributed by atoms with Crippen molar-refractivity contribution in [3.8, 4) is 22.6 Å². The third kappa shape index (κ3) is 8.63. The van der Waals surface area contributed by atoms with E-state index in [0.29, 0.717) is 48.9 Å². The van der Waals surface area contributed by atoms with E-state index in [1.807, 2.05) is 55.5 Å². The van der Waals surface area contributed by atoms with Crippen LogP contribution < -0.4 is 31.6 Å². The van der Waals surface area contributed by atoms with Crippen LogP contribution in [-0.2, 0) is 17.9 Å². The van der Waals surface area contributed by atoms with Crippen molar-refractivity contribution in [3.63, 3.8) is 0 Å². The van der Waals surface area contributed by atoms with Gasteiger partial charge < -0.3 is 24.6 Å². The summed E-state index contributed by atoms with van der Waals surface area (Å²) in [5.74, 6) is 0.219. The van der Waals surface area contributed by atoms with E-state index in [4.69, 9.17) is 14.0 Å². The van der Waals surface area contributed by atoms with Crippen LogP contribution in [0.2, 0.25) is 0 Å². The second-order valence-corrected chi connectivity index (χ2v) is 10.7. The van der Waals surface area contributed by atoms with Crippen molar-refractivity contribution in [1.29, 1.82) is 0 Å². The molecule has 0 saturated carbocycles. The molecule has 4 aromatic carbocycles. The maximum atomic E-state index is 12.8. The van der Waals surface area contributed by atoms with Crippen LogP contribution in [0.15, 0.2) is 105 Å². The maximum absolute atomic E-state index is 12.8. The van der Waals surface area contributed by atoms with Gasteiger partial charge in [-0.25, -0.2) is 14.6 Å². The summed E-state index contributed by atoms with van der Waals surface area (Å²) in [7, 11) is 0. The van der Waals surface area contributed by atoms with Gasteiger partial charge in [-0.2, -0.15) is 0 Å². The Morgan fingerprint density at radius 2 is 1.67 bits per heavy atom. The first-order chi connectivity index (χ1) is 22.2. The molecule has 0 saturated heterocycles. The van der Waals surface area contributed by atoms with Crippen molar-refractivity contribution in [2.45, 2.75) is 33.4 Å². The van der Waals surface area contributed by atoms with Gasteiger partial charge in [0.1, 0.15) is 18.1 Å². The molecule has 11 heteroatoms. The monoisotopic (exact) mass is 622 g/mol. The molecule has 0 aliphatic rings. The number of anilines is 1. The average molecular weight is 623 g/mol. The number of hydrogen-bond donors (Lipinski definition) is 3. The van der Waals surface area contributed by atoms with Crippen molar-refractivity contribution >= 4 is 17.5 Å². The van der Waals surface area contributed by atoms with Crippen LogP contribution >= 0.6 is 0 Å². The van der Waals surface area contributed by atoms with Crippen LogP contribution in [0.1, 0.15) is 40.4 Å². The summed E-state index contributed by atoms with van der Waals surface area (Å²) >= 11 is 0. The zero-order valence-corrected chi connectivity index (χ0v) is 25.5. The minimum atomic E-state index is -0.789. The molecule has 0 unspecified atom stereocenters. The third-order valence-corrected chi connectivity index (χ3v) is 7.04. The number of H-pyrrole nitrogens is 1. The number of hydrogen-bond acceptors (Lipinski definition) is 7. The van der Waals surface area contributed by atoms with E-state index in [2.05, 4.69) is 21.7 Å². The molecular weight excluding hydrogens is 588 g/mol. The van der Waals surface area contributed by atoms with Gasteiger partial charge in [-0.15, -0.1) is 4.74 Å². The highest BCUT2D eigenvalue weighted by atomic mass is 16.5. The highest BCUT2D eigenvalue weighted by Crippen LogP contribution is 2.26. The van der Waals surface area contributed by atoms with E-state index < -0.39 is 11.4 Å². The first kappa shape index (κ1) is 31.6. The lowest BCUT2D eigenvalue weighted by molar-refractivity contribution is -0.114. The number of rotatable bonds is 13. The van der Waals surface area contributed by atoms with Gasteiger partial charge in [0.2, 0.25) is 5.91 Å². The van der Waals surface area contributed by atoms with Gasteiger partial charge in [0.15, 0.2) is 0 Å². The molecule has 236 valence electrons. The molecule has 1 heterocycles. The lowest BCUT2D eigenvalue weighted by Gasteiger charge is -2.12. The molecular formula is C35H34N4O7. The molecule has 1 aromatic heterocycles. The molecule has 5 aromatic rings. The Labute approximate surface area is 264 Å². The van der Waals surface area contributed by atoms with Gasteiger partial charge >= 0.3 is 11.4 Å². The molecule has 5 rings (SSSR count). The van der Waals surface area contributed by atoms with Crippen LogP contribution in [0.5, 0.6) is 11.5 Å². The second-order valence-electron chi connectivity index (χ2n) is 10.7. The van der Waals surface area contributed by atoms with E-state index in [1.54, 1.807) is 36.4 Å². The number of aromatic amines is 1. The molecule has 0 bridgehead atoms. The molecule has 0 atom stereocenters. The minimum Gasteiger partial charge on any atom is -0.493 e. The number of carbonyl (C=O) groups is 2. The summed E-state index contributed by atoms with van der Waals surface area (Å²) in [6.07, 6.45) is 0.626. The fourth-order valence-corrected chi connectivity index (χ4v) is 4.83. The predicted molar refractivity (Wildman–Crippen MR) is 173 cm³/mol. The highest BCUT2D eigenvalue weighted by molar-refractivity contribution is 5.95. The zero-order chi connectivity index (χ0) is 32.5. The maximum Gasteiger partial charge on any atom is 0.440 e. The van der Waals surface area contributed by atoms with Gasteiger partial charge in [-0.3, -0.25) is 9.59 Å². The van der Waals surface area contributed by atoms with Crippen LogP contribution in [0.25, 0.3) is 11.1 Å².